The molecule has 21 heavy (non-hydrogen) atoms. The molecule has 0 aromatic carbocycles. The van der Waals surface area contributed by atoms with Gasteiger partial charge in [0.1, 0.15) is 4.88 Å². The minimum atomic E-state index is -0.967. The maximum Gasteiger partial charge on any atom is 0.347 e. The number of carbonyl (C=O) groups is 1. The van der Waals surface area contributed by atoms with Crippen LogP contribution in [0, 0.1) is 0 Å². The van der Waals surface area contributed by atoms with Crippen LogP contribution in [0.25, 0.3) is 0 Å². The standard InChI is InChI=1S/C14H17N3O3S/c1-3-17(8-10-4-6-15-7-5-10)14-16-11(9-20-2)12(21-14)13(18)19/h4-7H,3,8-9H2,1-2H3,(H,18,19). The summed E-state index contributed by atoms with van der Waals surface area (Å²) in [5.41, 5.74) is 1.57. The number of carboxylic acids is 1. The second kappa shape index (κ2) is 7.14. The third kappa shape index (κ3) is 3.77. The number of aromatic carboxylic acids is 1. The summed E-state index contributed by atoms with van der Waals surface area (Å²) in [5, 5.41) is 9.93. The van der Waals surface area contributed by atoms with E-state index in [4.69, 9.17) is 4.74 Å². The Hall–Kier alpha value is -1.99. The molecule has 0 bridgehead atoms. The molecule has 0 amide bonds. The van der Waals surface area contributed by atoms with E-state index in [1.165, 1.54) is 18.4 Å². The van der Waals surface area contributed by atoms with Gasteiger partial charge in [-0.1, -0.05) is 11.3 Å². The monoisotopic (exact) mass is 307 g/mol. The summed E-state index contributed by atoms with van der Waals surface area (Å²) in [6.45, 7) is 3.61. The average Bonchev–Trinajstić information content (AvgIpc) is 2.90. The van der Waals surface area contributed by atoms with Crippen molar-refractivity contribution in [1.29, 1.82) is 0 Å². The Morgan fingerprint density at radius 1 is 1.43 bits per heavy atom. The Kier molecular flexibility index (Phi) is 5.24. The lowest BCUT2D eigenvalue weighted by Gasteiger charge is -2.19. The third-order valence-corrected chi connectivity index (χ3v) is 4.08. The van der Waals surface area contributed by atoms with E-state index in [-0.39, 0.29) is 11.5 Å². The van der Waals surface area contributed by atoms with Crippen LogP contribution in [0.3, 0.4) is 0 Å². The molecule has 2 aromatic rings. The summed E-state index contributed by atoms with van der Waals surface area (Å²) in [6.07, 6.45) is 3.48. The van der Waals surface area contributed by atoms with Crippen molar-refractivity contribution >= 4 is 22.4 Å². The summed E-state index contributed by atoms with van der Waals surface area (Å²) in [5.74, 6) is -0.967. The molecular formula is C14H17N3O3S. The van der Waals surface area contributed by atoms with Gasteiger partial charge in [-0.25, -0.2) is 9.78 Å². The molecule has 0 saturated carbocycles. The van der Waals surface area contributed by atoms with Crippen LogP contribution >= 0.6 is 11.3 Å². The fourth-order valence-corrected chi connectivity index (χ4v) is 2.87. The summed E-state index contributed by atoms with van der Waals surface area (Å²) < 4.78 is 5.02. The molecule has 0 atom stereocenters. The Morgan fingerprint density at radius 3 is 2.71 bits per heavy atom. The van der Waals surface area contributed by atoms with E-state index in [9.17, 15) is 9.90 Å². The molecule has 0 aliphatic rings. The first-order valence-corrected chi connectivity index (χ1v) is 7.33. The van der Waals surface area contributed by atoms with E-state index in [2.05, 4.69) is 9.97 Å². The third-order valence-electron chi connectivity index (χ3n) is 2.94. The number of carboxylic acid groups (broad SMARTS) is 1. The van der Waals surface area contributed by atoms with Gasteiger partial charge in [0.05, 0.1) is 12.3 Å². The molecule has 112 valence electrons. The molecule has 0 unspecified atom stereocenters. The largest absolute Gasteiger partial charge is 0.477 e. The van der Waals surface area contributed by atoms with E-state index < -0.39 is 5.97 Å². The van der Waals surface area contributed by atoms with Gasteiger partial charge < -0.3 is 14.7 Å². The highest BCUT2D eigenvalue weighted by Gasteiger charge is 2.20. The van der Waals surface area contributed by atoms with Crippen molar-refractivity contribution in [2.75, 3.05) is 18.6 Å². The van der Waals surface area contributed by atoms with Crippen molar-refractivity contribution in [3.05, 3.63) is 40.7 Å². The fourth-order valence-electron chi connectivity index (χ4n) is 1.90. The van der Waals surface area contributed by atoms with Crippen LogP contribution < -0.4 is 4.90 Å². The SMILES string of the molecule is CCN(Cc1ccncc1)c1nc(COC)c(C(=O)O)s1. The van der Waals surface area contributed by atoms with Gasteiger partial charge in [0, 0.05) is 32.6 Å². The normalized spacial score (nSPS) is 10.6. The molecule has 0 saturated heterocycles. The Bertz CT molecular complexity index is 601. The van der Waals surface area contributed by atoms with Crippen LogP contribution in [0.15, 0.2) is 24.5 Å². The van der Waals surface area contributed by atoms with Crippen LogP contribution in [0.2, 0.25) is 0 Å². The first kappa shape index (κ1) is 15.4. The van der Waals surface area contributed by atoms with Gasteiger partial charge in [-0.05, 0) is 24.6 Å². The molecule has 0 spiro atoms. The predicted octanol–water partition coefficient (Wildman–Crippen LogP) is 2.41. The van der Waals surface area contributed by atoms with Crippen LogP contribution in [0.5, 0.6) is 0 Å². The molecule has 0 aliphatic carbocycles. The molecular weight excluding hydrogens is 290 g/mol. The maximum absolute atomic E-state index is 11.3. The molecule has 2 rings (SSSR count). The number of rotatable bonds is 7. The summed E-state index contributed by atoms with van der Waals surface area (Å²) in [4.78, 5) is 21.9. The Labute approximate surface area is 127 Å². The molecule has 2 heterocycles. The van der Waals surface area contributed by atoms with E-state index >= 15 is 0 Å². The lowest BCUT2D eigenvalue weighted by Crippen LogP contribution is -2.21. The maximum atomic E-state index is 11.3. The molecule has 6 nitrogen and oxygen atoms in total. The number of anilines is 1. The Balaban J connectivity index is 2.25. The number of hydrogen-bond donors (Lipinski definition) is 1. The second-order valence-electron chi connectivity index (χ2n) is 4.38. The number of nitrogens with zero attached hydrogens (tertiary/aromatic N) is 3. The number of pyridine rings is 1. The molecule has 0 fully saturated rings. The van der Waals surface area contributed by atoms with Crippen LogP contribution in [0.4, 0.5) is 5.13 Å². The smallest absolute Gasteiger partial charge is 0.347 e. The lowest BCUT2D eigenvalue weighted by molar-refractivity contribution is 0.0697. The number of hydrogen-bond acceptors (Lipinski definition) is 6. The first-order chi connectivity index (χ1) is 10.2. The minimum absolute atomic E-state index is 0.199. The van der Waals surface area contributed by atoms with Gasteiger partial charge in [0.15, 0.2) is 5.13 Å². The topological polar surface area (TPSA) is 75.5 Å². The van der Waals surface area contributed by atoms with Gasteiger partial charge >= 0.3 is 5.97 Å². The van der Waals surface area contributed by atoms with Gasteiger partial charge in [-0.2, -0.15) is 0 Å². The number of thiazole rings is 1. The predicted molar refractivity (Wildman–Crippen MR) is 80.7 cm³/mol. The van der Waals surface area contributed by atoms with Crippen molar-refractivity contribution < 1.29 is 14.6 Å². The summed E-state index contributed by atoms with van der Waals surface area (Å²) in [7, 11) is 1.53. The average molecular weight is 307 g/mol. The van der Waals surface area contributed by atoms with Gasteiger partial charge in [0.25, 0.3) is 0 Å². The molecule has 0 radical (unpaired) electrons. The van der Waals surface area contributed by atoms with Gasteiger partial charge in [-0.15, -0.1) is 0 Å². The van der Waals surface area contributed by atoms with Crippen LogP contribution in [0.1, 0.15) is 27.9 Å². The van der Waals surface area contributed by atoms with Crippen molar-refractivity contribution in [3.8, 4) is 0 Å². The summed E-state index contributed by atoms with van der Waals surface area (Å²) in [6, 6.07) is 3.87. The zero-order chi connectivity index (χ0) is 15.2. The van der Waals surface area contributed by atoms with E-state index in [1.807, 2.05) is 24.0 Å². The number of methoxy groups -OCH3 is 1. The highest BCUT2D eigenvalue weighted by atomic mass is 32.1. The van der Waals surface area contributed by atoms with Crippen molar-refractivity contribution in [1.82, 2.24) is 9.97 Å². The van der Waals surface area contributed by atoms with Gasteiger partial charge in [-0.3, -0.25) is 4.98 Å². The molecule has 7 heteroatoms. The molecule has 2 aromatic heterocycles. The van der Waals surface area contributed by atoms with Crippen molar-refractivity contribution in [3.63, 3.8) is 0 Å². The lowest BCUT2D eigenvalue weighted by atomic mass is 10.2. The molecule has 0 aliphatic heterocycles. The number of aromatic nitrogens is 2. The van der Waals surface area contributed by atoms with Crippen LogP contribution in [-0.4, -0.2) is 34.7 Å². The second-order valence-corrected chi connectivity index (χ2v) is 5.36. The quantitative estimate of drug-likeness (QED) is 0.846. The van der Waals surface area contributed by atoms with Crippen LogP contribution in [-0.2, 0) is 17.9 Å². The first-order valence-electron chi connectivity index (χ1n) is 6.51. The minimum Gasteiger partial charge on any atom is -0.477 e. The van der Waals surface area contributed by atoms with Gasteiger partial charge in [0.2, 0.25) is 0 Å². The Morgan fingerprint density at radius 2 is 2.14 bits per heavy atom. The van der Waals surface area contributed by atoms with E-state index in [0.29, 0.717) is 17.4 Å². The zero-order valence-electron chi connectivity index (χ0n) is 11.9. The molecule has 1 N–H and O–H groups in total. The highest BCUT2D eigenvalue weighted by molar-refractivity contribution is 7.17. The van der Waals surface area contributed by atoms with Crippen molar-refractivity contribution in [2.24, 2.45) is 0 Å². The van der Waals surface area contributed by atoms with E-state index in [1.54, 1.807) is 12.4 Å². The zero-order valence-corrected chi connectivity index (χ0v) is 12.8. The van der Waals surface area contributed by atoms with E-state index in [0.717, 1.165) is 12.1 Å². The fraction of sp³-hybridized carbons (Fsp3) is 0.357. The summed E-state index contributed by atoms with van der Waals surface area (Å²) >= 11 is 1.18. The number of ether oxygens (including phenoxy) is 1. The van der Waals surface area contributed by atoms with Crippen molar-refractivity contribution in [2.45, 2.75) is 20.1 Å². The highest BCUT2D eigenvalue weighted by Crippen LogP contribution is 2.28.